The molecule has 6 nitrogen and oxygen atoms in total. The van der Waals surface area contributed by atoms with Gasteiger partial charge in [0.05, 0.1) is 11.1 Å². The van der Waals surface area contributed by atoms with Crippen LogP contribution in [0, 0.1) is 0 Å². The molecule has 0 atom stereocenters. The van der Waals surface area contributed by atoms with Gasteiger partial charge in [-0.05, 0) is 37.0 Å². The molecule has 20 heavy (non-hydrogen) atoms. The maximum Gasteiger partial charge on any atom is 0.338 e. The first-order chi connectivity index (χ1) is 9.32. The summed E-state index contributed by atoms with van der Waals surface area (Å²) in [6, 6.07) is 1.09. The van der Waals surface area contributed by atoms with Crippen LogP contribution in [0.3, 0.4) is 0 Å². The first-order valence-corrected chi connectivity index (χ1v) is 5.86. The van der Waals surface area contributed by atoms with Crippen molar-refractivity contribution < 1.29 is 29.3 Å². The molecule has 0 bridgehead atoms. The first kappa shape index (κ1) is 13.8. The van der Waals surface area contributed by atoms with Gasteiger partial charge in [-0.25, -0.2) is 14.4 Å². The Morgan fingerprint density at radius 2 is 1.75 bits per heavy atom. The minimum absolute atomic E-state index is 0.0988. The molecule has 0 aliphatic heterocycles. The SMILES string of the molecule is C=C(C)C(=O)Oc1cc(C(=O)O)c(C(=O)O)c2c1CC2. The maximum absolute atomic E-state index is 11.5. The van der Waals surface area contributed by atoms with Gasteiger partial charge in [0.15, 0.2) is 0 Å². The lowest BCUT2D eigenvalue weighted by molar-refractivity contribution is -0.130. The van der Waals surface area contributed by atoms with E-state index in [2.05, 4.69) is 6.58 Å². The van der Waals surface area contributed by atoms with E-state index < -0.39 is 17.9 Å². The average molecular weight is 276 g/mol. The second-order valence-electron chi connectivity index (χ2n) is 4.53. The predicted octanol–water partition coefficient (Wildman–Crippen LogP) is 1.66. The van der Waals surface area contributed by atoms with E-state index in [0.29, 0.717) is 24.0 Å². The van der Waals surface area contributed by atoms with E-state index >= 15 is 0 Å². The van der Waals surface area contributed by atoms with Crippen LogP contribution in [-0.2, 0) is 17.6 Å². The number of carboxylic acid groups (broad SMARTS) is 2. The van der Waals surface area contributed by atoms with Gasteiger partial charge in [0.25, 0.3) is 0 Å². The minimum Gasteiger partial charge on any atom is -0.478 e. The third kappa shape index (κ3) is 2.16. The molecular weight excluding hydrogens is 264 g/mol. The van der Waals surface area contributed by atoms with Crippen molar-refractivity contribution in [2.75, 3.05) is 0 Å². The van der Waals surface area contributed by atoms with Gasteiger partial charge in [0.1, 0.15) is 5.75 Å². The standard InChI is InChI=1S/C14H12O6/c1-6(2)14(19)20-10-5-9(12(15)16)11(13(17)18)8-4-3-7(8)10/h5H,1,3-4H2,2H3,(H,15,16)(H,17,18). The van der Waals surface area contributed by atoms with Gasteiger partial charge in [0, 0.05) is 5.57 Å². The predicted molar refractivity (Wildman–Crippen MR) is 68.2 cm³/mol. The molecule has 104 valence electrons. The lowest BCUT2D eigenvalue weighted by Gasteiger charge is -2.25. The maximum atomic E-state index is 11.5. The Hall–Kier alpha value is -2.63. The molecule has 1 aromatic carbocycles. The molecule has 0 heterocycles. The Morgan fingerprint density at radius 3 is 2.15 bits per heavy atom. The third-order valence-electron chi connectivity index (χ3n) is 3.13. The highest BCUT2D eigenvalue weighted by Gasteiger charge is 2.31. The molecule has 0 amide bonds. The summed E-state index contributed by atoms with van der Waals surface area (Å²) >= 11 is 0. The van der Waals surface area contributed by atoms with Crippen LogP contribution in [0.4, 0.5) is 0 Å². The summed E-state index contributed by atoms with van der Waals surface area (Å²) in [5, 5.41) is 18.2. The van der Waals surface area contributed by atoms with Gasteiger partial charge in [-0.1, -0.05) is 6.58 Å². The summed E-state index contributed by atoms with van der Waals surface area (Å²) in [7, 11) is 0. The number of carboxylic acids is 2. The zero-order valence-electron chi connectivity index (χ0n) is 10.7. The molecule has 0 aromatic heterocycles. The van der Waals surface area contributed by atoms with Crippen molar-refractivity contribution in [3.63, 3.8) is 0 Å². The molecule has 0 radical (unpaired) electrons. The van der Waals surface area contributed by atoms with Crippen molar-refractivity contribution in [2.24, 2.45) is 0 Å². The van der Waals surface area contributed by atoms with Crippen molar-refractivity contribution in [1.82, 2.24) is 0 Å². The van der Waals surface area contributed by atoms with Crippen LogP contribution >= 0.6 is 0 Å². The Bertz CT molecular complexity index is 656. The first-order valence-electron chi connectivity index (χ1n) is 5.86. The second kappa shape index (κ2) is 4.80. The number of esters is 1. The highest BCUT2D eigenvalue weighted by Crippen LogP contribution is 2.37. The molecule has 0 saturated heterocycles. The zero-order chi connectivity index (χ0) is 15.0. The Balaban J connectivity index is 2.56. The van der Waals surface area contributed by atoms with E-state index in [1.165, 1.54) is 6.92 Å². The van der Waals surface area contributed by atoms with E-state index in [1.807, 2.05) is 0 Å². The lowest BCUT2D eigenvalue weighted by atomic mass is 9.81. The molecule has 0 spiro atoms. The van der Waals surface area contributed by atoms with E-state index in [4.69, 9.17) is 14.9 Å². The second-order valence-corrected chi connectivity index (χ2v) is 4.53. The van der Waals surface area contributed by atoms with Crippen LogP contribution in [0.1, 0.15) is 38.8 Å². The van der Waals surface area contributed by atoms with Gasteiger partial charge in [-0.2, -0.15) is 0 Å². The Morgan fingerprint density at radius 1 is 1.15 bits per heavy atom. The van der Waals surface area contributed by atoms with E-state index in [-0.39, 0.29) is 22.4 Å². The highest BCUT2D eigenvalue weighted by molar-refractivity contribution is 6.04. The summed E-state index contributed by atoms with van der Waals surface area (Å²) in [4.78, 5) is 33.9. The molecule has 0 fully saturated rings. The number of ether oxygens (including phenoxy) is 1. The molecule has 1 aromatic rings. The van der Waals surface area contributed by atoms with Gasteiger partial charge in [0.2, 0.25) is 0 Å². The number of benzene rings is 1. The third-order valence-corrected chi connectivity index (χ3v) is 3.13. The number of hydrogen-bond acceptors (Lipinski definition) is 4. The van der Waals surface area contributed by atoms with E-state index in [0.717, 1.165) is 6.07 Å². The van der Waals surface area contributed by atoms with Gasteiger partial charge >= 0.3 is 17.9 Å². The molecule has 2 rings (SSSR count). The summed E-state index contributed by atoms with van der Waals surface area (Å²) in [5.74, 6) is -3.24. The summed E-state index contributed by atoms with van der Waals surface area (Å²) in [6.07, 6.45) is 1.00. The highest BCUT2D eigenvalue weighted by atomic mass is 16.5. The Kier molecular flexibility index (Phi) is 3.31. The fraction of sp³-hybridized carbons (Fsp3) is 0.214. The van der Waals surface area contributed by atoms with Crippen LogP contribution in [0.5, 0.6) is 5.75 Å². The average Bonchev–Trinajstić information content (AvgIpc) is 2.29. The molecule has 1 aliphatic carbocycles. The Labute approximate surface area is 114 Å². The minimum atomic E-state index is -1.37. The number of carbonyl (C=O) groups excluding carboxylic acids is 1. The molecule has 1 aliphatic rings. The molecule has 0 unspecified atom stereocenters. The van der Waals surface area contributed by atoms with Gasteiger partial charge in [-0.3, -0.25) is 0 Å². The van der Waals surface area contributed by atoms with Crippen molar-refractivity contribution in [3.05, 3.63) is 40.5 Å². The number of aromatic carboxylic acids is 2. The van der Waals surface area contributed by atoms with Crippen LogP contribution in [0.25, 0.3) is 0 Å². The van der Waals surface area contributed by atoms with Crippen LogP contribution < -0.4 is 4.74 Å². The fourth-order valence-electron chi connectivity index (χ4n) is 2.07. The molecule has 6 heteroatoms. The van der Waals surface area contributed by atoms with Crippen molar-refractivity contribution in [2.45, 2.75) is 19.8 Å². The van der Waals surface area contributed by atoms with Crippen LogP contribution in [0.2, 0.25) is 0 Å². The number of fused-ring (bicyclic) bond motifs is 1. The quantitative estimate of drug-likeness (QED) is 0.492. The van der Waals surface area contributed by atoms with Crippen LogP contribution in [0.15, 0.2) is 18.2 Å². The van der Waals surface area contributed by atoms with Gasteiger partial charge in [-0.15, -0.1) is 0 Å². The number of carbonyl (C=O) groups is 3. The van der Waals surface area contributed by atoms with Crippen molar-refractivity contribution >= 4 is 17.9 Å². The number of hydrogen-bond donors (Lipinski definition) is 2. The van der Waals surface area contributed by atoms with Crippen molar-refractivity contribution in [3.8, 4) is 5.75 Å². The lowest BCUT2D eigenvalue weighted by Crippen LogP contribution is -2.22. The zero-order valence-corrected chi connectivity index (χ0v) is 10.7. The molecule has 0 saturated carbocycles. The topological polar surface area (TPSA) is 101 Å². The summed E-state index contributed by atoms with van der Waals surface area (Å²) in [5.41, 5.74) is 0.565. The van der Waals surface area contributed by atoms with E-state index in [9.17, 15) is 14.4 Å². The number of rotatable bonds is 4. The van der Waals surface area contributed by atoms with Gasteiger partial charge < -0.3 is 14.9 Å². The normalized spacial score (nSPS) is 12.1. The summed E-state index contributed by atoms with van der Waals surface area (Å²) in [6.45, 7) is 4.91. The fourth-order valence-corrected chi connectivity index (χ4v) is 2.07. The monoisotopic (exact) mass is 276 g/mol. The van der Waals surface area contributed by atoms with Crippen molar-refractivity contribution in [1.29, 1.82) is 0 Å². The smallest absolute Gasteiger partial charge is 0.338 e. The molecule has 2 N–H and O–H groups in total. The molecular formula is C14H12O6. The van der Waals surface area contributed by atoms with Crippen LogP contribution in [-0.4, -0.2) is 28.1 Å². The summed E-state index contributed by atoms with van der Waals surface area (Å²) < 4.78 is 5.07. The largest absolute Gasteiger partial charge is 0.478 e. The van der Waals surface area contributed by atoms with E-state index in [1.54, 1.807) is 0 Å².